The van der Waals surface area contributed by atoms with Crippen molar-refractivity contribution in [1.29, 1.82) is 0 Å². The molecule has 0 spiro atoms. The lowest BCUT2D eigenvalue weighted by molar-refractivity contribution is 0.102. The van der Waals surface area contributed by atoms with Crippen LogP contribution in [0.15, 0.2) is 66.7 Å². The van der Waals surface area contributed by atoms with Crippen molar-refractivity contribution < 1.29 is 19.0 Å². The molecule has 6 nitrogen and oxygen atoms in total. The molecule has 0 aliphatic carbocycles. The monoisotopic (exact) mass is 378 g/mol. The Morgan fingerprint density at radius 1 is 0.714 bits per heavy atom. The average Bonchev–Trinajstić information content (AvgIpc) is 2.74. The number of para-hydroxylation sites is 1. The van der Waals surface area contributed by atoms with E-state index in [0.29, 0.717) is 28.4 Å². The van der Waals surface area contributed by atoms with Crippen LogP contribution in [0.4, 0.5) is 17.1 Å². The van der Waals surface area contributed by atoms with Crippen molar-refractivity contribution >= 4 is 23.0 Å². The Morgan fingerprint density at radius 2 is 1.32 bits per heavy atom. The van der Waals surface area contributed by atoms with Crippen LogP contribution in [0.5, 0.6) is 17.2 Å². The van der Waals surface area contributed by atoms with E-state index in [0.717, 1.165) is 11.4 Å². The highest BCUT2D eigenvalue weighted by Gasteiger charge is 2.13. The Kier molecular flexibility index (Phi) is 6.01. The molecule has 0 atom stereocenters. The van der Waals surface area contributed by atoms with Gasteiger partial charge in [0.1, 0.15) is 17.2 Å². The molecule has 0 aliphatic heterocycles. The summed E-state index contributed by atoms with van der Waals surface area (Å²) in [5.74, 6) is 1.72. The number of rotatable bonds is 7. The second-order valence-corrected chi connectivity index (χ2v) is 5.95. The summed E-state index contributed by atoms with van der Waals surface area (Å²) in [4.78, 5) is 12.9. The molecule has 0 bridgehead atoms. The van der Waals surface area contributed by atoms with Crippen LogP contribution in [0.3, 0.4) is 0 Å². The maximum absolute atomic E-state index is 12.9. The minimum absolute atomic E-state index is 0.244. The van der Waals surface area contributed by atoms with E-state index in [1.165, 1.54) is 0 Å². The molecule has 0 heterocycles. The largest absolute Gasteiger partial charge is 0.497 e. The van der Waals surface area contributed by atoms with Gasteiger partial charge in [0.05, 0.1) is 32.6 Å². The standard InChI is InChI=1S/C22H22N2O4/c1-26-17-10-8-15(9-11-17)23-21-7-5-4-6-20(21)22(25)24-16-12-18(27-2)14-19(13-16)28-3/h4-14,23H,1-3H3,(H,24,25). The molecule has 28 heavy (non-hydrogen) atoms. The van der Waals surface area contributed by atoms with Crippen molar-refractivity contribution in [3.63, 3.8) is 0 Å². The normalized spacial score (nSPS) is 10.1. The van der Waals surface area contributed by atoms with Gasteiger partial charge in [-0.25, -0.2) is 0 Å². The van der Waals surface area contributed by atoms with Crippen molar-refractivity contribution in [2.75, 3.05) is 32.0 Å². The summed E-state index contributed by atoms with van der Waals surface area (Å²) in [6.07, 6.45) is 0. The van der Waals surface area contributed by atoms with Gasteiger partial charge in [0.15, 0.2) is 0 Å². The lowest BCUT2D eigenvalue weighted by Gasteiger charge is -2.14. The van der Waals surface area contributed by atoms with Crippen molar-refractivity contribution in [2.24, 2.45) is 0 Å². The van der Waals surface area contributed by atoms with E-state index < -0.39 is 0 Å². The van der Waals surface area contributed by atoms with Gasteiger partial charge < -0.3 is 24.8 Å². The second-order valence-electron chi connectivity index (χ2n) is 5.95. The van der Waals surface area contributed by atoms with Crippen LogP contribution in [0.2, 0.25) is 0 Å². The summed E-state index contributed by atoms with van der Waals surface area (Å²) in [6.45, 7) is 0. The summed E-state index contributed by atoms with van der Waals surface area (Å²) < 4.78 is 15.7. The predicted molar refractivity (Wildman–Crippen MR) is 110 cm³/mol. The number of ether oxygens (including phenoxy) is 3. The van der Waals surface area contributed by atoms with Gasteiger partial charge in [0, 0.05) is 29.6 Å². The number of hydrogen-bond donors (Lipinski definition) is 2. The number of nitrogens with one attached hydrogen (secondary N) is 2. The predicted octanol–water partition coefficient (Wildman–Crippen LogP) is 4.71. The fourth-order valence-corrected chi connectivity index (χ4v) is 2.70. The van der Waals surface area contributed by atoms with Crippen molar-refractivity contribution in [2.45, 2.75) is 0 Å². The lowest BCUT2D eigenvalue weighted by Crippen LogP contribution is -2.14. The molecule has 0 aliphatic rings. The average molecular weight is 378 g/mol. The summed E-state index contributed by atoms with van der Waals surface area (Å²) in [5, 5.41) is 6.16. The zero-order chi connectivity index (χ0) is 19.9. The summed E-state index contributed by atoms with van der Waals surface area (Å²) >= 11 is 0. The zero-order valence-electron chi connectivity index (χ0n) is 16.0. The Hall–Kier alpha value is -3.67. The molecule has 3 rings (SSSR count). The van der Waals surface area contributed by atoms with Crippen molar-refractivity contribution in [1.82, 2.24) is 0 Å². The highest BCUT2D eigenvalue weighted by molar-refractivity contribution is 6.08. The van der Waals surface area contributed by atoms with Crippen molar-refractivity contribution in [3.8, 4) is 17.2 Å². The first-order chi connectivity index (χ1) is 13.6. The highest BCUT2D eigenvalue weighted by atomic mass is 16.5. The summed E-state index contributed by atoms with van der Waals surface area (Å²) in [5.41, 5.74) is 2.64. The number of benzene rings is 3. The van der Waals surface area contributed by atoms with Gasteiger partial charge in [-0.2, -0.15) is 0 Å². The van der Waals surface area contributed by atoms with Crippen LogP contribution in [0.1, 0.15) is 10.4 Å². The number of hydrogen-bond acceptors (Lipinski definition) is 5. The van der Waals surface area contributed by atoms with E-state index in [1.54, 1.807) is 45.6 Å². The molecule has 144 valence electrons. The highest BCUT2D eigenvalue weighted by Crippen LogP contribution is 2.28. The van der Waals surface area contributed by atoms with Gasteiger partial charge in [-0.1, -0.05) is 12.1 Å². The third kappa shape index (κ3) is 4.54. The molecular formula is C22H22N2O4. The molecule has 0 aromatic heterocycles. The number of amides is 1. The third-order valence-electron chi connectivity index (χ3n) is 4.15. The SMILES string of the molecule is COc1ccc(Nc2ccccc2C(=O)Nc2cc(OC)cc(OC)c2)cc1. The Bertz CT molecular complexity index is 933. The van der Waals surface area contributed by atoms with E-state index >= 15 is 0 Å². The molecule has 6 heteroatoms. The molecule has 3 aromatic rings. The van der Waals surface area contributed by atoms with Crippen LogP contribution < -0.4 is 24.8 Å². The number of carbonyl (C=O) groups excluding carboxylic acids is 1. The maximum Gasteiger partial charge on any atom is 0.257 e. The fourth-order valence-electron chi connectivity index (χ4n) is 2.70. The van der Waals surface area contributed by atoms with Gasteiger partial charge in [0.2, 0.25) is 0 Å². The first-order valence-electron chi connectivity index (χ1n) is 8.67. The van der Waals surface area contributed by atoms with Gasteiger partial charge >= 0.3 is 0 Å². The van der Waals surface area contributed by atoms with E-state index in [4.69, 9.17) is 14.2 Å². The van der Waals surface area contributed by atoms with Crippen LogP contribution in [-0.4, -0.2) is 27.2 Å². The Morgan fingerprint density at radius 3 is 1.93 bits per heavy atom. The Balaban J connectivity index is 1.82. The smallest absolute Gasteiger partial charge is 0.257 e. The number of methoxy groups -OCH3 is 3. The molecule has 0 saturated carbocycles. The topological polar surface area (TPSA) is 68.8 Å². The minimum Gasteiger partial charge on any atom is -0.497 e. The van der Waals surface area contributed by atoms with E-state index in [-0.39, 0.29) is 5.91 Å². The van der Waals surface area contributed by atoms with Gasteiger partial charge in [-0.05, 0) is 36.4 Å². The lowest BCUT2D eigenvalue weighted by atomic mass is 10.1. The zero-order valence-corrected chi connectivity index (χ0v) is 16.0. The third-order valence-corrected chi connectivity index (χ3v) is 4.15. The minimum atomic E-state index is -0.244. The molecule has 0 radical (unpaired) electrons. The fraction of sp³-hybridized carbons (Fsp3) is 0.136. The van der Waals surface area contributed by atoms with Gasteiger partial charge in [-0.3, -0.25) is 4.79 Å². The summed E-state index contributed by atoms with van der Waals surface area (Å²) in [7, 11) is 4.75. The van der Waals surface area contributed by atoms with E-state index in [1.807, 2.05) is 42.5 Å². The molecule has 0 saturated heterocycles. The van der Waals surface area contributed by atoms with Crippen LogP contribution >= 0.6 is 0 Å². The second kappa shape index (κ2) is 8.81. The summed E-state index contributed by atoms with van der Waals surface area (Å²) in [6, 6.07) is 20.0. The van der Waals surface area contributed by atoms with Crippen molar-refractivity contribution in [3.05, 3.63) is 72.3 Å². The first-order valence-corrected chi connectivity index (χ1v) is 8.67. The van der Waals surface area contributed by atoms with Gasteiger partial charge in [-0.15, -0.1) is 0 Å². The number of anilines is 3. The van der Waals surface area contributed by atoms with E-state index in [9.17, 15) is 4.79 Å². The molecule has 3 aromatic carbocycles. The quantitative estimate of drug-likeness (QED) is 0.623. The van der Waals surface area contributed by atoms with Crippen LogP contribution in [-0.2, 0) is 0 Å². The van der Waals surface area contributed by atoms with Crippen LogP contribution in [0.25, 0.3) is 0 Å². The Labute approximate surface area is 164 Å². The molecule has 0 unspecified atom stereocenters. The molecule has 2 N–H and O–H groups in total. The van der Waals surface area contributed by atoms with Crippen LogP contribution in [0, 0.1) is 0 Å². The van der Waals surface area contributed by atoms with E-state index in [2.05, 4.69) is 10.6 Å². The molecule has 0 fully saturated rings. The number of carbonyl (C=O) groups is 1. The molecular weight excluding hydrogens is 356 g/mol. The molecule has 1 amide bonds. The van der Waals surface area contributed by atoms with Gasteiger partial charge in [0.25, 0.3) is 5.91 Å². The maximum atomic E-state index is 12.9. The first kappa shape index (κ1) is 19.1.